The second-order valence-electron chi connectivity index (χ2n) is 7.84. The second-order valence-corrected chi connectivity index (χ2v) is 7.84. The highest BCUT2D eigenvalue weighted by Gasteiger charge is 2.34. The number of morpholine rings is 1. The maximum atomic E-state index is 11.8. The minimum absolute atomic E-state index is 0.125. The Bertz CT molecular complexity index is 640. The van der Waals surface area contributed by atoms with Crippen molar-refractivity contribution in [2.45, 2.75) is 31.8 Å². The summed E-state index contributed by atoms with van der Waals surface area (Å²) < 4.78 is 21.2. The summed E-state index contributed by atoms with van der Waals surface area (Å²) in [5, 5.41) is 0. The predicted octanol–water partition coefficient (Wildman–Crippen LogP) is 2.18. The van der Waals surface area contributed by atoms with Crippen LogP contribution in [0.5, 0.6) is 11.5 Å². The molecule has 0 saturated carbocycles. The lowest BCUT2D eigenvalue weighted by molar-refractivity contribution is -0.141. The number of hydrogen-bond donors (Lipinski definition) is 0. The number of esters is 1. The van der Waals surface area contributed by atoms with Gasteiger partial charge >= 0.3 is 5.97 Å². The predicted molar refractivity (Wildman–Crippen MR) is 110 cm³/mol. The molecule has 7 nitrogen and oxygen atoms in total. The third kappa shape index (κ3) is 6.07. The Morgan fingerprint density at radius 3 is 2.38 bits per heavy atom. The van der Waals surface area contributed by atoms with Gasteiger partial charge in [0.1, 0.15) is 11.5 Å². The van der Waals surface area contributed by atoms with E-state index in [0.29, 0.717) is 18.4 Å². The lowest BCUT2D eigenvalue weighted by atomic mass is 9.86. The molecule has 2 saturated heterocycles. The lowest BCUT2D eigenvalue weighted by Crippen LogP contribution is -2.53. The Balaban J connectivity index is 1.67. The number of carbonyl (C=O) groups is 1. The van der Waals surface area contributed by atoms with Gasteiger partial charge in [0.2, 0.25) is 0 Å². The number of piperidine rings is 1. The zero-order chi connectivity index (χ0) is 20.6. The van der Waals surface area contributed by atoms with Crippen LogP contribution in [0.4, 0.5) is 0 Å². The molecule has 0 radical (unpaired) electrons. The molecule has 3 rings (SSSR count). The normalized spacial score (nSPS) is 23.6. The molecule has 0 bridgehead atoms. The maximum Gasteiger partial charge on any atom is 0.305 e. The third-order valence-electron chi connectivity index (χ3n) is 6.06. The summed E-state index contributed by atoms with van der Waals surface area (Å²) >= 11 is 0. The molecular weight excluding hydrogens is 372 g/mol. The van der Waals surface area contributed by atoms with Crippen molar-refractivity contribution in [3.05, 3.63) is 23.8 Å². The Hall–Kier alpha value is -1.83. The summed E-state index contributed by atoms with van der Waals surface area (Å²) in [5.74, 6) is 1.93. The topological polar surface area (TPSA) is 60.5 Å². The average Bonchev–Trinajstić information content (AvgIpc) is 2.77. The first-order valence-corrected chi connectivity index (χ1v) is 10.5. The number of nitrogens with zero attached hydrogens (tertiary/aromatic N) is 2. The summed E-state index contributed by atoms with van der Waals surface area (Å²) in [6.45, 7) is 6.41. The molecule has 162 valence electrons. The first-order valence-electron chi connectivity index (χ1n) is 10.5. The van der Waals surface area contributed by atoms with Crippen molar-refractivity contribution in [3.63, 3.8) is 0 Å². The van der Waals surface area contributed by atoms with Gasteiger partial charge in [-0.25, -0.2) is 0 Å². The monoisotopic (exact) mass is 406 g/mol. The van der Waals surface area contributed by atoms with Crippen LogP contribution in [-0.4, -0.2) is 82.5 Å². The second kappa shape index (κ2) is 10.8. The first-order chi connectivity index (χ1) is 14.1. The van der Waals surface area contributed by atoms with Gasteiger partial charge in [-0.15, -0.1) is 0 Å². The average molecular weight is 407 g/mol. The van der Waals surface area contributed by atoms with Gasteiger partial charge in [-0.2, -0.15) is 0 Å². The Morgan fingerprint density at radius 1 is 1.07 bits per heavy atom. The minimum Gasteiger partial charge on any atom is -0.497 e. The fourth-order valence-electron chi connectivity index (χ4n) is 4.53. The minimum atomic E-state index is -0.125. The zero-order valence-electron chi connectivity index (χ0n) is 17.9. The van der Waals surface area contributed by atoms with E-state index in [0.717, 1.165) is 70.3 Å². The third-order valence-corrected chi connectivity index (χ3v) is 6.06. The Morgan fingerprint density at radius 2 is 1.76 bits per heavy atom. The highest BCUT2D eigenvalue weighted by atomic mass is 16.5. The molecule has 2 aliphatic heterocycles. The quantitative estimate of drug-likeness (QED) is 0.613. The van der Waals surface area contributed by atoms with Crippen LogP contribution in [0.3, 0.4) is 0 Å². The van der Waals surface area contributed by atoms with Crippen LogP contribution in [0.15, 0.2) is 18.2 Å². The highest BCUT2D eigenvalue weighted by Crippen LogP contribution is 2.29. The van der Waals surface area contributed by atoms with Gasteiger partial charge in [0, 0.05) is 44.7 Å². The number of methoxy groups -OCH3 is 3. The van der Waals surface area contributed by atoms with Crippen LogP contribution in [0.1, 0.15) is 24.8 Å². The molecule has 2 fully saturated rings. The summed E-state index contributed by atoms with van der Waals surface area (Å²) in [7, 11) is 4.82. The molecule has 1 aromatic rings. The van der Waals surface area contributed by atoms with Crippen molar-refractivity contribution in [2.75, 3.05) is 60.7 Å². The standard InChI is InChI=1S/C22H34N2O5/c1-26-19-12-17(13-20(14-19)27-2)15-23-7-6-21(24-8-10-29-11-9-24)18(16-23)4-5-22(25)28-3/h12-14,18,21H,4-11,15-16H2,1-3H3/t18-,21+/m0/s1. The first kappa shape index (κ1) is 21.9. The van der Waals surface area contributed by atoms with Crippen molar-refractivity contribution >= 4 is 5.97 Å². The molecule has 0 spiro atoms. The number of benzene rings is 1. The largest absolute Gasteiger partial charge is 0.497 e. The van der Waals surface area contributed by atoms with Crippen LogP contribution >= 0.6 is 0 Å². The summed E-state index contributed by atoms with van der Waals surface area (Å²) in [5.41, 5.74) is 1.18. The Labute approximate surface area is 173 Å². The van der Waals surface area contributed by atoms with Crippen LogP contribution in [0.25, 0.3) is 0 Å². The van der Waals surface area contributed by atoms with Gasteiger partial charge in [-0.05, 0) is 43.0 Å². The number of likely N-dealkylation sites (tertiary alicyclic amines) is 1. The highest BCUT2D eigenvalue weighted by molar-refractivity contribution is 5.69. The Kier molecular flexibility index (Phi) is 8.15. The van der Waals surface area contributed by atoms with Gasteiger partial charge < -0.3 is 18.9 Å². The molecule has 0 aromatic heterocycles. The van der Waals surface area contributed by atoms with E-state index in [1.807, 2.05) is 6.07 Å². The summed E-state index contributed by atoms with van der Waals surface area (Å²) in [6.07, 6.45) is 2.43. The summed E-state index contributed by atoms with van der Waals surface area (Å²) in [4.78, 5) is 16.8. The molecule has 2 heterocycles. The van der Waals surface area contributed by atoms with Gasteiger partial charge in [0.05, 0.1) is 34.5 Å². The number of ether oxygens (including phenoxy) is 4. The van der Waals surface area contributed by atoms with Gasteiger partial charge in [-0.1, -0.05) is 0 Å². The maximum absolute atomic E-state index is 11.8. The molecule has 0 amide bonds. The van der Waals surface area contributed by atoms with Crippen LogP contribution in [0, 0.1) is 5.92 Å². The van der Waals surface area contributed by atoms with E-state index in [1.54, 1.807) is 14.2 Å². The van der Waals surface area contributed by atoms with Crippen molar-refractivity contribution in [1.29, 1.82) is 0 Å². The van der Waals surface area contributed by atoms with Crippen molar-refractivity contribution in [1.82, 2.24) is 9.80 Å². The van der Waals surface area contributed by atoms with E-state index in [-0.39, 0.29) is 5.97 Å². The molecule has 0 N–H and O–H groups in total. The van der Waals surface area contributed by atoms with Crippen molar-refractivity contribution < 1.29 is 23.7 Å². The molecule has 2 atom stereocenters. The molecule has 2 aliphatic rings. The van der Waals surface area contributed by atoms with Gasteiger partial charge in [-0.3, -0.25) is 14.6 Å². The molecule has 0 unspecified atom stereocenters. The van der Waals surface area contributed by atoms with E-state index in [2.05, 4.69) is 21.9 Å². The number of carbonyl (C=O) groups excluding carboxylic acids is 1. The number of hydrogen-bond acceptors (Lipinski definition) is 7. The number of rotatable bonds is 8. The molecule has 7 heteroatoms. The SMILES string of the molecule is COC(=O)CC[C@H]1CN(Cc2cc(OC)cc(OC)c2)CC[C@H]1N1CCOCC1. The molecular formula is C22H34N2O5. The smallest absolute Gasteiger partial charge is 0.305 e. The van der Waals surface area contributed by atoms with Crippen LogP contribution in [-0.2, 0) is 20.8 Å². The fraction of sp³-hybridized carbons (Fsp3) is 0.682. The van der Waals surface area contributed by atoms with Crippen LogP contribution < -0.4 is 9.47 Å². The van der Waals surface area contributed by atoms with Gasteiger partial charge in [0.25, 0.3) is 0 Å². The van der Waals surface area contributed by atoms with E-state index in [1.165, 1.54) is 12.7 Å². The fourth-order valence-corrected chi connectivity index (χ4v) is 4.53. The van der Waals surface area contributed by atoms with E-state index >= 15 is 0 Å². The van der Waals surface area contributed by atoms with E-state index in [4.69, 9.17) is 18.9 Å². The van der Waals surface area contributed by atoms with Gasteiger partial charge in [0.15, 0.2) is 0 Å². The van der Waals surface area contributed by atoms with E-state index in [9.17, 15) is 4.79 Å². The molecule has 0 aliphatic carbocycles. The zero-order valence-corrected chi connectivity index (χ0v) is 17.9. The van der Waals surface area contributed by atoms with Crippen LogP contribution in [0.2, 0.25) is 0 Å². The van der Waals surface area contributed by atoms with Crippen molar-refractivity contribution in [3.8, 4) is 11.5 Å². The molecule has 29 heavy (non-hydrogen) atoms. The summed E-state index contributed by atoms with van der Waals surface area (Å²) in [6, 6.07) is 6.53. The molecule has 1 aromatic carbocycles. The lowest BCUT2D eigenvalue weighted by Gasteiger charge is -2.45. The van der Waals surface area contributed by atoms with Crippen molar-refractivity contribution in [2.24, 2.45) is 5.92 Å². The van der Waals surface area contributed by atoms with E-state index < -0.39 is 0 Å².